The molecule has 10 aromatic carbocycles. The fourth-order valence-electron chi connectivity index (χ4n) is 13.0. The Hall–Kier alpha value is -9.90. The van der Waals surface area contributed by atoms with Crippen LogP contribution in [-0.2, 0) is 5.41 Å². The molecule has 0 amide bonds. The minimum absolute atomic E-state index is 0.848. The maximum atomic E-state index is 4.04. The Morgan fingerprint density at radius 2 is 0.637 bits per heavy atom. The fraction of sp³-hybridized carbons (Fsp3) is 0.195. The van der Waals surface area contributed by atoms with Crippen LogP contribution in [-0.4, -0.2) is 0 Å². The smallest absolute Gasteiger partial charge is 0.0728 e. The molecule has 10 aromatic rings. The van der Waals surface area contributed by atoms with E-state index in [1.807, 2.05) is 47.6 Å². The zero-order valence-electron chi connectivity index (χ0n) is 56.7. The van der Waals surface area contributed by atoms with Crippen LogP contribution in [0.15, 0.2) is 278 Å². The van der Waals surface area contributed by atoms with Crippen LogP contribution in [0.1, 0.15) is 125 Å². The molecule has 0 bridgehead atoms. The lowest BCUT2D eigenvalue weighted by molar-refractivity contribution is 0.793. The molecule has 0 saturated heterocycles. The van der Waals surface area contributed by atoms with E-state index >= 15 is 0 Å². The molecule has 0 aliphatic heterocycles. The van der Waals surface area contributed by atoms with Crippen LogP contribution in [0.25, 0.3) is 22.3 Å². The predicted octanol–water partition coefficient (Wildman–Crippen LogP) is 25.7. The van der Waals surface area contributed by atoms with Gasteiger partial charge in [-0.2, -0.15) is 0 Å². The number of anilines is 10. The predicted molar refractivity (Wildman–Crippen MR) is 398 cm³/mol. The molecule has 91 heavy (non-hydrogen) atoms. The van der Waals surface area contributed by atoms with E-state index in [0.717, 1.165) is 68.1 Å². The van der Waals surface area contributed by atoms with Crippen LogP contribution in [0.5, 0.6) is 0 Å². The Labute approximate surface area is 545 Å². The van der Waals surface area contributed by atoms with Crippen LogP contribution in [0.4, 0.5) is 56.9 Å². The Bertz CT molecular complexity index is 4140. The van der Waals surface area contributed by atoms with Crippen molar-refractivity contribution in [2.45, 2.75) is 116 Å². The van der Waals surface area contributed by atoms with Crippen molar-refractivity contribution < 1.29 is 0 Å². The van der Waals surface area contributed by atoms with Gasteiger partial charge in [0, 0.05) is 68.8 Å². The molecule has 0 heterocycles. The summed E-state index contributed by atoms with van der Waals surface area (Å²) in [5, 5.41) is 0. The number of hydrogen-bond acceptors (Lipinski definition) is 4. The molecule has 0 saturated carbocycles. The molecule has 0 unspecified atom stereocenters. The third-order valence-corrected chi connectivity index (χ3v) is 17.0. The van der Waals surface area contributed by atoms with Gasteiger partial charge in [0.05, 0.1) is 5.41 Å². The van der Waals surface area contributed by atoms with Crippen LogP contribution < -0.4 is 19.6 Å². The minimum Gasteiger partial charge on any atom is -0.317 e. The molecule has 0 radical (unpaired) electrons. The molecule has 2 aliphatic carbocycles. The third-order valence-electron chi connectivity index (χ3n) is 17.0. The first-order valence-corrected chi connectivity index (χ1v) is 32.7. The van der Waals surface area contributed by atoms with Crippen molar-refractivity contribution >= 4 is 56.9 Å². The van der Waals surface area contributed by atoms with Gasteiger partial charge in [-0.25, -0.2) is 0 Å². The van der Waals surface area contributed by atoms with Crippen LogP contribution >= 0.6 is 0 Å². The van der Waals surface area contributed by atoms with Gasteiger partial charge >= 0.3 is 0 Å². The Morgan fingerprint density at radius 3 is 1.01 bits per heavy atom. The summed E-state index contributed by atoms with van der Waals surface area (Å²) < 4.78 is 0. The maximum Gasteiger partial charge on any atom is 0.0728 e. The number of hydrogen-bond donors (Lipinski definition) is 0. The van der Waals surface area contributed by atoms with Gasteiger partial charge in [-0.15, -0.1) is 0 Å². The monoisotopic (exact) mass is 1190 g/mol. The average Bonchev–Trinajstić information content (AvgIpc) is 1.51. The topological polar surface area (TPSA) is 13.0 Å². The summed E-state index contributed by atoms with van der Waals surface area (Å²) >= 11 is 0. The molecule has 0 atom stereocenters. The molecule has 0 N–H and O–H groups in total. The fourth-order valence-corrected chi connectivity index (χ4v) is 13.0. The van der Waals surface area contributed by atoms with Crippen LogP contribution in [0, 0.1) is 41.5 Å². The number of allylic oxidation sites excluding steroid dienone is 8. The van der Waals surface area contributed by atoms with E-state index in [-0.39, 0.29) is 0 Å². The van der Waals surface area contributed by atoms with Gasteiger partial charge in [-0.05, 0) is 286 Å². The highest BCUT2D eigenvalue weighted by molar-refractivity contribution is 5.99. The lowest BCUT2D eigenvalue weighted by Gasteiger charge is -2.35. The van der Waals surface area contributed by atoms with Crippen molar-refractivity contribution in [1.29, 1.82) is 0 Å². The Kier molecular flexibility index (Phi) is 21.0. The highest BCUT2D eigenvalue weighted by Gasteiger charge is 2.53. The first-order valence-electron chi connectivity index (χ1n) is 32.7. The van der Waals surface area contributed by atoms with E-state index in [0.29, 0.717) is 0 Å². The van der Waals surface area contributed by atoms with Gasteiger partial charge in [0.1, 0.15) is 0 Å². The number of benzene rings is 10. The van der Waals surface area contributed by atoms with Gasteiger partial charge in [-0.1, -0.05) is 169 Å². The maximum absolute atomic E-state index is 4.04. The zero-order valence-corrected chi connectivity index (χ0v) is 56.7. The van der Waals surface area contributed by atoms with E-state index in [9.17, 15) is 0 Å². The van der Waals surface area contributed by atoms with Gasteiger partial charge < -0.3 is 19.6 Å². The SMILES string of the molecule is C=C/C=C(C)\C=C\N(c1cccc(C)c1)c1ccc2c(c1)C1(c3cc(N(/C(C)=C/C(C)=C\C)c4cccc(C)c4)ccc3-2)c2cc(N(c3cccc(C)c3)c3cccc(C)c3)ccc2-c2ccc(N(c3cccc(C)c3)c3cccc(C)c3)cc21.CC.CC.CC. The van der Waals surface area contributed by atoms with Crippen LogP contribution in [0.2, 0.25) is 0 Å². The van der Waals surface area contributed by atoms with Crippen molar-refractivity contribution in [3.05, 3.63) is 334 Å². The summed E-state index contributed by atoms with van der Waals surface area (Å²) in [5.74, 6) is 0. The highest BCUT2D eigenvalue weighted by Crippen LogP contribution is 2.65. The summed E-state index contributed by atoms with van der Waals surface area (Å²) in [6, 6.07) is 82.4. The molecule has 0 fully saturated rings. The molecular formula is C87H92N4. The lowest BCUT2D eigenvalue weighted by Crippen LogP contribution is -2.27. The average molecular weight is 1190 g/mol. The highest BCUT2D eigenvalue weighted by atomic mass is 15.2. The molecule has 12 rings (SSSR count). The summed E-state index contributed by atoms with van der Waals surface area (Å²) in [5.41, 5.74) is 30.5. The zero-order chi connectivity index (χ0) is 65.1. The lowest BCUT2D eigenvalue weighted by atomic mass is 9.70. The van der Waals surface area contributed by atoms with Gasteiger partial charge in [-0.3, -0.25) is 0 Å². The largest absolute Gasteiger partial charge is 0.317 e. The quantitative estimate of drug-likeness (QED) is 0.0949. The normalized spacial score (nSPS) is 12.5. The second-order valence-corrected chi connectivity index (χ2v) is 23.4. The van der Waals surface area contributed by atoms with Crippen LogP contribution in [0.3, 0.4) is 0 Å². The molecule has 460 valence electrons. The number of fused-ring (bicyclic) bond motifs is 10. The first kappa shape index (κ1) is 65.5. The van der Waals surface area contributed by atoms with E-state index in [2.05, 4.69) is 344 Å². The van der Waals surface area contributed by atoms with Crippen molar-refractivity contribution in [3.63, 3.8) is 0 Å². The molecule has 1 spiro atoms. The molecule has 2 aliphatic rings. The van der Waals surface area contributed by atoms with E-state index in [1.165, 1.54) is 83.5 Å². The summed E-state index contributed by atoms with van der Waals surface area (Å²) in [6.45, 7) is 37.8. The first-order chi connectivity index (χ1) is 44.2. The van der Waals surface area contributed by atoms with Gasteiger partial charge in [0.15, 0.2) is 0 Å². The van der Waals surface area contributed by atoms with E-state index in [4.69, 9.17) is 0 Å². The van der Waals surface area contributed by atoms with Crippen molar-refractivity contribution in [3.8, 4) is 22.3 Å². The van der Waals surface area contributed by atoms with Crippen molar-refractivity contribution in [1.82, 2.24) is 0 Å². The Balaban J connectivity index is 0.00000159. The number of nitrogens with zero attached hydrogens (tertiary/aromatic N) is 4. The van der Waals surface area contributed by atoms with Crippen molar-refractivity contribution in [2.24, 2.45) is 0 Å². The van der Waals surface area contributed by atoms with Gasteiger partial charge in [0.2, 0.25) is 0 Å². The second kappa shape index (κ2) is 29.2. The molecule has 4 nitrogen and oxygen atoms in total. The number of aryl methyl sites for hydroxylation is 6. The standard InChI is InChI=1S/C81H74N4.3C2H6/c1-12-20-55(4)41-42-82(63-27-14-21-56(5)44-63)64-33-37-73-74-38-34-70(83(62(11)43-54(3)13-2)65-28-15-22-57(6)45-65)51-78(74)81(77(73)50-64)79-52-71(84(66-29-16-23-58(7)46-66)67-30-17-24-59(8)47-67)35-39-75(79)76-40-36-72(53-80(76)81)85(68-31-18-25-60(9)48-68)69-32-19-26-61(10)49-69;3*1-2/h12-53H,1H2,2-11H3;3*1-2H3/b42-41+,54-13-,55-20-,62-43+;;;. The number of rotatable bonds is 15. The summed E-state index contributed by atoms with van der Waals surface area (Å²) in [6.07, 6.45) is 12.8. The summed E-state index contributed by atoms with van der Waals surface area (Å²) in [4.78, 5) is 9.70. The van der Waals surface area contributed by atoms with E-state index in [1.54, 1.807) is 0 Å². The third kappa shape index (κ3) is 13.2. The Morgan fingerprint density at radius 1 is 0.352 bits per heavy atom. The van der Waals surface area contributed by atoms with Crippen molar-refractivity contribution in [2.75, 3.05) is 19.6 Å². The molecule has 0 aromatic heterocycles. The van der Waals surface area contributed by atoms with E-state index < -0.39 is 5.41 Å². The summed E-state index contributed by atoms with van der Waals surface area (Å²) in [7, 11) is 0. The second-order valence-electron chi connectivity index (χ2n) is 23.4. The molecular weight excluding hydrogens is 1100 g/mol. The van der Waals surface area contributed by atoms with Gasteiger partial charge in [0.25, 0.3) is 0 Å². The minimum atomic E-state index is -0.848. The molecule has 4 heteroatoms.